The standard InChI is InChI=1S/C23H24N4O2/c24-14-19-8-5-13-26(19)22(28)15-25-16-23(29)27-20-9-3-1-6-17(20)11-12-18-7-2-4-10-21(18)27/h1-4,6-7,9-10,19,25H,5,8,11-13,15-16H2/t19-/m0/s1. The molecule has 0 bridgehead atoms. The monoisotopic (exact) mass is 388 g/mol. The number of benzene rings is 2. The van der Waals surface area contributed by atoms with Crippen LogP contribution in [0.1, 0.15) is 24.0 Å². The highest BCUT2D eigenvalue weighted by atomic mass is 16.2. The SMILES string of the molecule is N#C[C@@H]1CCCN1C(=O)CNCC(=O)N1c2ccccc2CCc2ccccc21. The van der Waals surface area contributed by atoms with Crippen molar-refractivity contribution in [2.75, 3.05) is 24.5 Å². The van der Waals surface area contributed by atoms with Gasteiger partial charge in [0.2, 0.25) is 11.8 Å². The lowest BCUT2D eigenvalue weighted by Crippen LogP contribution is -2.43. The van der Waals surface area contributed by atoms with E-state index in [1.165, 1.54) is 0 Å². The quantitative estimate of drug-likeness (QED) is 0.873. The van der Waals surface area contributed by atoms with Crippen LogP contribution < -0.4 is 10.2 Å². The second kappa shape index (κ2) is 8.46. The Balaban J connectivity index is 1.48. The van der Waals surface area contributed by atoms with Gasteiger partial charge in [-0.25, -0.2) is 0 Å². The average Bonchev–Trinajstić information content (AvgIpc) is 3.16. The molecule has 1 fully saturated rings. The first-order valence-corrected chi connectivity index (χ1v) is 10.1. The summed E-state index contributed by atoms with van der Waals surface area (Å²) >= 11 is 0. The van der Waals surface area contributed by atoms with Crippen molar-refractivity contribution in [3.8, 4) is 6.07 Å². The third-order valence-corrected chi connectivity index (χ3v) is 5.65. The molecule has 2 amide bonds. The Morgan fingerprint density at radius 3 is 2.17 bits per heavy atom. The molecular formula is C23H24N4O2. The number of aryl methyl sites for hydroxylation is 2. The molecule has 2 aromatic carbocycles. The third kappa shape index (κ3) is 3.87. The van der Waals surface area contributed by atoms with Gasteiger partial charge in [-0.2, -0.15) is 5.26 Å². The number of rotatable bonds is 4. The van der Waals surface area contributed by atoms with Gasteiger partial charge in [0.05, 0.1) is 30.5 Å². The van der Waals surface area contributed by atoms with Gasteiger partial charge in [-0.1, -0.05) is 36.4 Å². The first-order chi connectivity index (χ1) is 14.2. The van der Waals surface area contributed by atoms with Gasteiger partial charge >= 0.3 is 0 Å². The Morgan fingerprint density at radius 2 is 1.55 bits per heavy atom. The van der Waals surface area contributed by atoms with Gasteiger partial charge in [0.1, 0.15) is 6.04 Å². The molecule has 2 aliphatic heterocycles. The number of carbonyl (C=O) groups excluding carboxylic acids is 2. The van der Waals surface area contributed by atoms with Crippen molar-refractivity contribution in [1.82, 2.24) is 10.2 Å². The van der Waals surface area contributed by atoms with Crippen molar-refractivity contribution in [3.63, 3.8) is 0 Å². The zero-order valence-corrected chi connectivity index (χ0v) is 16.3. The fraction of sp³-hybridized carbons (Fsp3) is 0.348. The Morgan fingerprint density at radius 1 is 0.966 bits per heavy atom. The maximum Gasteiger partial charge on any atom is 0.245 e. The maximum atomic E-state index is 13.2. The summed E-state index contributed by atoms with van der Waals surface area (Å²) in [7, 11) is 0. The average molecular weight is 388 g/mol. The summed E-state index contributed by atoms with van der Waals surface area (Å²) in [6, 6.07) is 17.8. The molecule has 0 aliphatic carbocycles. The molecule has 2 heterocycles. The molecule has 29 heavy (non-hydrogen) atoms. The predicted molar refractivity (Wildman–Crippen MR) is 111 cm³/mol. The molecule has 1 saturated heterocycles. The minimum absolute atomic E-state index is 0.0550. The number of nitrogens with zero attached hydrogens (tertiary/aromatic N) is 3. The van der Waals surface area contributed by atoms with Crippen molar-refractivity contribution in [1.29, 1.82) is 5.26 Å². The van der Waals surface area contributed by atoms with Crippen LogP contribution in [-0.4, -0.2) is 42.4 Å². The van der Waals surface area contributed by atoms with Crippen LogP contribution in [-0.2, 0) is 22.4 Å². The molecule has 0 spiro atoms. The predicted octanol–water partition coefficient (Wildman–Crippen LogP) is 2.55. The van der Waals surface area contributed by atoms with Gasteiger partial charge in [0, 0.05) is 6.54 Å². The highest BCUT2D eigenvalue weighted by Gasteiger charge is 2.29. The van der Waals surface area contributed by atoms with E-state index in [1.54, 1.807) is 9.80 Å². The van der Waals surface area contributed by atoms with E-state index in [4.69, 9.17) is 5.26 Å². The number of anilines is 2. The molecular weight excluding hydrogens is 364 g/mol. The molecule has 0 unspecified atom stereocenters. The van der Waals surface area contributed by atoms with E-state index in [9.17, 15) is 9.59 Å². The van der Waals surface area contributed by atoms with Crippen LogP contribution in [0.4, 0.5) is 11.4 Å². The largest absolute Gasteiger partial charge is 0.326 e. The van der Waals surface area contributed by atoms with Crippen LogP contribution in [0.2, 0.25) is 0 Å². The van der Waals surface area contributed by atoms with E-state index in [2.05, 4.69) is 23.5 Å². The number of fused-ring (bicyclic) bond motifs is 2. The summed E-state index contributed by atoms with van der Waals surface area (Å²) in [6.07, 6.45) is 3.34. The Hall–Kier alpha value is -3.17. The molecule has 148 valence electrons. The molecule has 0 saturated carbocycles. The van der Waals surface area contributed by atoms with Crippen LogP contribution in [0.3, 0.4) is 0 Å². The van der Waals surface area contributed by atoms with E-state index in [-0.39, 0.29) is 30.9 Å². The maximum absolute atomic E-state index is 13.2. The number of carbonyl (C=O) groups is 2. The van der Waals surface area contributed by atoms with Gasteiger partial charge < -0.3 is 4.90 Å². The smallest absolute Gasteiger partial charge is 0.245 e. The number of amides is 2. The van der Waals surface area contributed by atoms with Crippen molar-refractivity contribution < 1.29 is 9.59 Å². The molecule has 1 atom stereocenters. The summed E-state index contributed by atoms with van der Waals surface area (Å²) in [4.78, 5) is 29.0. The molecule has 0 radical (unpaired) electrons. The summed E-state index contributed by atoms with van der Waals surface area (Å²) in [6.45, 7) is 0.722. The number of hydrogen-bond acceptors (Lipinski definition) is 4. The summed E-state index contributed by atoms with van der Waals surface area (Å²) in [5, 5.41) is 12.2. The highest BCUT2D eigenvalue weighted by Crippen LogP contribution is 2.35. The van der Waals surface area contributed by atoms with Crippen LogP contribution in [0.5, 0.6) is 0 Å². The van der Waals surface area contributed by atoms with E-state index in [0.29, 0.717) is 6.54 Å². The van der Waals surface area contributed by atoms with Crippen LogP contribution >= 0.6 is 0 Å². The van der Waals surface area contributed by atoms with Gasteiger partial charge in [0.25, 0.3) is 0 Å². The van der Waals surface area contributed by atoms with Crippen LogP contribution in [0.25, 0.3) is 0 Å². The zero-order valence-electron chi connectivity index (χ0n) is 16.3. The fourth-order valence-electron chi connectivity index (χ4n) is 4.20. The van der Waals surface area contributed by atoms with Crippen LogP contribution in [0, 0.1) is 11.3 Å². The summed E-state index contributed by atoms with van der Waals surface area (Å²) < 4.78 is 0. The summed E-state index contributed by atoms with van der Waals surface area (Å²) in [5.74, 6) is -0.226. The second-order valence-electron chi connectivity index (χ2n) is 7.46. The minimum atomic E-state index is -0.343. The molecule has 1 N–H and O–H groups in total. The van der Waals surface area contributed by atoms with Gasteiger partial charge in [-0.15, -0.1) is 0 Å². The summed E-state index contributed by atoms with van der Waals surface area (Å²) in [5.41, 5.74) is 4.09. The number of hydrogen-bond donors (Lipinski definition) is 1. The zero-order chi connectivity index (χ0) is 20.2. The lowest BCUT2D eigenvalue weighted by atomic mass is 10.0. The molecule has 0 aromatic heterocycles. The Kier molecular flexibility index (Phi) is 5.59. The number of likely N-dealkylation sites (tertiary alicyclic amines) is 1. The van der Waals surface area contributed by atoms with Crippen LogP contribution in [0.15, 0.2) is 48.5 Å². The molecule has 2 aromatic rings. The minimum Gasteiger partial charge on any atom is -0.326 e. The van der Waals surface area contributed by atoms with Crippen molar-refractivity contribution in [2.24, 2.45) is 0 Å². The molecule has 6 nitrogen and oxygen atoms in total. The van der Waals surface area contributed by atoms with Crippen molar-refractivity contribution in [3.05, 3.63) is 59.7 Å². The van der Waals surface area contributed by atoms with Crippen molar-refractivity contribution in [2.45, 2.75) is 31.7 Å². The fourth-order valence-corrected chi connectivity index (χ4v) is 4.20. The first kappa shape index (κ1) is 19.2. The topological polar surface area (TPSA) is 76.4 Å². The van der Waals surface area contributed by atoms with E-state index < -0.39 is 0 Å². The number of para-hydroxylation sites is 2. The third-order valence-electron chi connectivity index (χ3n) is 5.65. The second-order valence-corrected chi connectivity index (χ2v) is 7.46. The van der Waals surface area contributed by atoms with Crippen molar-refractivity contribution >= 4 is 23.2 Å². The van der Waals surface area contributed by atoms with E-state index in [1.807, 2.05) is 36.4 Å². The lowest BCUT2D eigenvalue weighted by molar-refractivity contribution is -0.130. The van der Waals surface area contributed by atoms with E-state index in [0.717, 1.165) is 48.2 Å². The Bertz CT molecular complexity index is 918. The van der Waals surface area contributed by atoms with Gasteiger partial charge in [-0.3, -0.25) is 19.8 Å². The normalized spacial score (nSPS) is 17.8. The Labute approximate surface area is 170 Å². The lowest BCUT2D eigenvalue weighted by Gasteiger charge is -2.25. The number of nitrogens with one attached hydrogen (secondary N) is 1. The molecule has 2 aliphatic rings. The molecule has 6 heteroatoms. The van der Waals surface area contributed by atoms with Gasteiger partial charge in [0.15, 0.2) is 0 Å². The first-order valence-electron chi connectivity index (χ1n) is 10.1. The highest BCUT2D eigenvalue weighted by molar-refractivity contribution is 6.03. The van der Waals surface area contributed by atoms with Gasteiger partial charge in [-0.05, 0) is 48.9 Å². The van der Waals surface area contributed by atoms with E-state index >= 15 is 0 Å². The molecule has 4 rings (SSSR count). The number of nitriles is 1.